The van der Waals surface area contributed by atoms with Crippen molar-refractivity contribution in [2.45, 2.75) is 37.7 Å². The van der Waals surface area contributed by atoms with Gasteiger partial charge in [-0.3, -0.25) is 0 Å². The number of benzene rings is 1. The molecule has 0 saturated carbocycles. The van der Waals surface area contributed by atoms with E-state index in [9.17, 15) is 4.39 Å². The molecule has 0 bridgehead atoms. The monoisotopic (exact) mass is 307 g/mol. The molecule has 2 unspecified atom stereocenters. The Kier molecular flexibility index (Phi) is 5.73. The predicted octanol–water partition coefficient (Wildman–Crippen LogP) is 4.13. The molecule has 0 heterocycles. The minimum absolute atomic E-state index is 0.295. The van der Waals surface area contributed by atoms with Gasteiger partial charge in [0.2, 0.25) is 0 Å². The van der Waals surface area contributed by atoms with Gasteiger partial charge in [-0.25, -0.2) is 4.39 Å². The number of rotatable bonds is 5. The van der Waals surface area contributed by atoms with E-state index >= 15 is 0 Å². The molecule has 2 atom stereocenters. The van der Waals surface area contributed by atoms with Crippen molar-refractivity contribution in [1.29, 1.82) is 0 Å². The molecule has 1 aromatic rings. The fourth-order valence-corrected chi connectivity index (χ4v) is 2.31. The maximum absolute atomic E-state index is 12.8. The summed E-state index contributed by atoms with van der Waals surface area (Å²) in [5.41, 5.74) is 0.928. The number of halogens is 3. The first-order chi connectivity index (χ1) is 7.49. The van der Waals surface area contributed by atoms with Crippen LogP contribution < -0.4 is 5.32 Å². The third-order valence-electron chi connectivity index (χ3n) is 2.33. The summed E-state index contributed by atoms with van der Waals surface area (Å²) < 4.78 is 12.8. The molecule has 4 heteroatoms. The first kappa shape index (κ1) is 13.9. The topological polar surface area (TPSA) is 12.0 Å². The molecular formula is C12H16BrClFN. The van der Waals surface area contributed by atoms with Crippen LogP contribution in [0.4, 0.5) is 4.39 Å². The first-order valence-electron chi connectivity index (χ1n) is 5.30. The summed E-state index contributed by atoms with van der Waals surface area (Å²) in [5, 5.41) is 3.83. The zero-order chi connectivity index (χ0) is 12.1. The highest BCUT2D eigenvalue weighted by Crippen LogP contribution is 2.17. The highest BCUT2D eigenvalue weighted by molar-refractivity contribution is 9.09. The van der Waals surface area contributed by atoms with Crippen molar-refractivity contribution in [2.24, 2.45) is 0 Å². The van der Waals surface area contributed by atoms with Crippen LogP contribution in [0.2, 0.25) is 5.02 Å². The number of alkyl halides is 1. The van der Waals surface area contributed by atoms with Crippen LogP contribution in [0.15, 0.2) is 18.2 Å². The lowest BCUT2D eigenvalue weighted by Gasteiger charge is -2.15. The van der Waals surface area contributed by atoms with E-state index in [0.717, 1.165) is 12.0 Å². The van der Waals surface area contributed by atoms with Gasteiger partial charge < -0.3 is 5.32 Å². The molecule has 0 aliphatic heterocycles. The van der Waals surface area contributed by atoms with Crippen LogP contribution >= 0.6 is 27.5 Å². The molecule has 0 aliphatic rings. The van der Waals surface area contributed by atoms with Gasteiger partial charge in [0.1, 0.15) is 5.82 Å². The molecule has 0 aliphatic carbocycles. The van der Waals surface area contributed by atoms with Gasteiger partial charge in [-0.05, 0) is 31.0 Å². The lowest BCUT2D eigenvalue weighted by Crippen LogP contribution is -2.27. The Balaban J connectivity index is 2.48. The Hall–Kier alpha value is -0.120. The van der Waals surface area contributed by atoms with E-state index in [-0.39, 0.29) is 5.82 Å². The Morgan fingerprint density at radius 2 is 2.12 bits per heavy atom. The fraction of sp³-hybridized carbons (Fsp3) is 0.500. The minimum atomic E-state index is -0.295. The lowest BCUT2D eigenvalue weighted by atomic mass is 10.1. The Labute approximate surface area is 110 Å². The standard InChI is InChI=1S/C12H16BrClFN/c1-8(13)5-9(2)16-7-10-3-4-11(15)6-12(10)14/h3-4,6,8-9,16H,5,7H2,1-2H3. The Morgan fingerprint density at radius 3 is 2.69 bits per heavy atom. The molecule has 0 amide bonds. The van der Waals surface area contributed by atoms with Crippen LogP contribution in [0.3, 0.4) is 0 Å². The average molecular weight is 309 g/mol. The quantitative estimate of drug-likeness (QED) is 0.807. The molecule has 0 spiro atoms. The van der Waals surface area contributed by atoms with Crippen LogP contribution in [-0.4, -0.2) is 10.9 Å². The van der Waals surface area contributed by atoms with Gasteiger partial charge in [-0.2, -0.15) is 0 Å². The largest absolute Gasteiger partial charge is 0.310 e. The molecule has 1 aromatic carbocycles. The van der Waals surface area contributed by atoms with Crippen molar-refractivity contribution in [1.82, 2.24) is 5.32 Å². The first-order valence-corrected chi connectivity index (χ1v) is 6.59. The van der Waals surface area contributed by atoms with Crippen molar-refractivity contribution in [3.63, 3.8) is 0 Å². The van der Waals surface area contributed by atoms with Gasteiger partial charge in [-0.15, -0.1) is 0 Å². The van der Waals surface area contributed by atoms with E-state index < -0.39 is 0 Å². The smallest absolute Gasteiger partial charge is 0.124 e. The van der Waals surface area contributed by atoms with Crippen LogP contribution in [0.1, 0.15) is 25.8 Å². The molecule has 0 fully saturated rings. The van der Waals surface area contributed by atoms with Crippen molar-refractivity contribution in [3.8, 4) is 0 Å². The van der Waals surface area contributed by atoms with Crippen molar-refractivity contribution < 1.29 is 4.39 Å². The van der Waals surface area contributed by atoms with Gasteiger partial charge in [0, 0.05) is 22.4 Å². The third kappa shape index (κ3) is 4.81. The summed E-state index contributed by atoms with van der Waals surface area (Å²) in [4.78, 5) is 0.485. The summed E-state index contributed by atoms with van der Waals surface area (Å²) in [6.45, 7) is 4.90. The number of nitrogens with one attached hydrogen (secondary N) is 1. The second kappa shape index (κ2) is 6.58. The van der Waals surface area contributed by atoms with E-state index in [1.165, 1.54) is 12.1 Å². The second-order valence-corrected chi connectivity index (χ2v) is 6.00. The van der Waals surface area contributed by atoms with E-state index in [0.29, 0.717) is 22.4 Å². The van der Waals surface area contributed by atoms with E-state index in [1.54, 1.807) is 6.07 Å². The maximum Gasteiger partial charge on any atom is 0.124 e. The Bertz CT molecular complexity index is 344. The number of hydrogen-bond donors (Lipinski definition) is 1. The zero-order valence-electron chi connectivity index (χ0n) is 9.43. The summed E-state index contributed by atoms with van der Waals surface area (Å²) in [7, 11) is 0. The van der Waals surface area contributed by atoms with Crippen LogP contribution in [-0.2, 0) is 6.54 Å². The molecule has 90 valence electrons. The summed E-state index contributed by atoms with van der Waals surface area (Å²) in [5.74, 6) is -0.295. The maximum atomic E-state index is 12.8. The van der Waals surface area contributed by atoms with Crippen molar-refractivity contribution >= 4 is 27.5 Å². The summed E-state index contributed by atoms with van der Waals surface area (Å²) in [6.07, 6.45) is 1.04. The van der Waals surface area contributed by atoms with Crippen molar-refractivity contribution in [3.05, 3.63) is 34.6 Å². The summed E-state index contributed by atoms with van der Waals surface area (Å²) >= 11 is 9.44. The predicted molar refractivity (Wildman–Crippen MR) is 70.7 cm³/mol. The highest BCUT2D eigenvalue weighted by Gasteiger charge is 2.07. The Morgan fingerprint density at radius 1 is 1.44 bits per heavy atom. The molecular weight excluding hydrogens is 292 g/mol. The fourth-order valence-electron chi connectivity index (χ4n) is 1.52. The van der Waals surface area contributed by atoms with Gasteiger partial charge in [0.05, 0.1) is 0 Å². The minimum Gasteiger partial charge on any atom is -0.310 e. The van der Waals surface area contributed by atoms with E-state index in [2.05, 4.69) is 35.1 Å². The lowest BCUT2D eigenvalue weighted by molar-refractivity contribution is 0.515. The van der Waals surface area contributed by atoms with E-state index in [1.807, 2.05) is 0 Å². The number of hydrogen-bond acceptors (Lipinski definition) is 1. The van der Waals surface area contributed by atoms with Crippen LogP contribution in [0, 0.1) is 5.82 Å². The van der Waals surface area contributed by atoms with Gasteiger partial charge in [0.15, 0.2) is 0 Å². The normalized spacial score (nSPS) is 14.8. The molecule has 16 heavy (non-hydrogen) atoms. The van der Waals surface area contributed by atoms with Gasteiger partial charge in [-0.1, -0.05) is 40.5 Å². The van der Waals surface area contributed by atoms with Gasteiger partial charge in [0.25, 0.3) is 0 Å². The van der Waals surface area contributed by atoms with Crippen molar-refractivity contribution in [2.75, 3.05) is 0 Å². The molecule has 1 N–H and O–H groups in total. The second-order valence-electron chi connectivity index (χ2n) is 4.03. The zero-order valence-corrected chi connectivity index (χ0v) is 11.8. The molecule has 0 radical (unpaired) electrons. The molecule has 1 rings (SSSR count). The molecule has 0 aromatic heterocycles. The molecule has 0 saturated heterocycles. The summed E-state index contributed by atoms with van der Waals surface area (Å²) in [6, 6.07) is 4.89. The van der Waals surface area contributed by atoms with Gasteiger partial charge >= 0.3 is 0 Å². The molecule has 1 nitrogen and oxygen atoms in total. The third-order valence-corrected chi connectivity index (χ3v) is 3.06. The van der Waals surface area contributed by atoms with Crippen LogP contribution in [0.5, 0.6) is 0 Å². The average Bonchev–Trinajstić information content (AvgIpc) is 2.15. The van der Waals surface area contributed by atoms with E-state index in [4.69, 9.17) is 11.6 Å². The van der Waals surface area contributed by atoms with Crippen LogP contribution in [0.25, 0.3) is 0 Å². The SMILES string of the molecule is CC(Br)CC(C)NCc1ccc(F)cc1Cl. The highest BCUT2D eigenvalue weighted by atomic mass is 79.9.